The molecule has 3 N–H and O–H groups in total. The number of benzene rings is 2. The van der Waals surface area contributed by atoms with Gasteiger partial charge in [0.15, 0.2) is 11.6 Å². The number of anilines is 3. The van der Waals surface area contributed by atoms with Crippen molar-refractivity contribution in [3.8, 4) is 0 Å². The number of nitrogens with zero attached hydrogens (tertiary/aromatic N) is 3. The second-order valence-electron chi connectivity index (χ2n) is 11.4. The smallest absolute Gasteiger partial charge is 0.413 e. The van der Waals surface area contributed by atoms with Crippen molar-refractivity contribution in [1.82, 2.24) is 15.5 Å². The Labute approximate surface area is 249 Å². The van der Waals surface area contributed by atoms with Crippen molar-refractivity contribution < 1.29 is 23.5 Å². The lowest BCUT2D eigenvalue weighted by Gasteiger charge is -2.50. The van der Waals surface area contributed by atoms with Crippen LogP contribution >= 0.6 is 11.6 Å². The minimum absolute atomic E-state index is 0.0125. The van der Waals surface area contributed by atoms with E-state index < -0.39 is 34.7 Å². The van der Waals surface area contributed by atoms with Crippen LogP contribution in [0.3, 0.4) is 0 Å². The van der Waals surface area contributed by atoms with Crippen LogP contribution in [0.15, 0.2) is 48.5 Å². The number of halogens is 2. The van der Waals surface area contributed by atoms with Gasteiger partial charge in [0.25, 0.3) is 5.91 Å². The summed E-state index contributed by atoms with van der Waals surface area (Å²) in [6, 6.07) is 13.2. The number of ether oxygens (including phenoxy) is 1. The fraction of sp³-hybridized carbons (Fsp3) is 0.367. The third-order valence-corrected chi connectivity index (χ3v) is 7.13. The predicted molar refractivity (Wildman–Crippen MR) is 160 cm³/mol. The number of amides is 3. The molecule has 0 bridgehead atoms. The van der Waals surface area contributed by atoms with E-state index in [0.29, 0.717) is 5.82 Å². The Kier molecular flexibility index (Phi) is 8.72. The molecule has 1 aromatic heterocycles. The van der Waals surface area contributed by atoms with Gasteiger partial charge < -0.3 is 20.3 Å². The lowest BCUT2D eigenvalue weighted by molar-refractivity contribution is -0.122. The number of hydrogen-bond acceptors (Lipinski definition) is 7. The summed E-state index contributed by atoms with van der Waals surface area (Å²) in [5.41, 5.74) is 0.152. The first-order valence-electron chi connectivity index (χ1n) is 13.4. The Balaban J connectivity index is 1.64. The van der Waals surface area contributed by atoms with E-state index in [4.69, 9.17) is 16.3 Å². The summed E-state index contributed by atoms with van der Waals surface area (Å²) < 4.78 is 19.7. The third-order valence-electron chi connectivity index (χ3n) is 6.84. The van der Waals surface area contributed by atoms with Gasteiger partial charge in [-0.15, -0.1) is 10.2 Å². The Morgan fingerprint density at radius 3 is 2.33 bits per heavy atom. The summed E-state index contributed by atoms with van der Waals surface area (Å²) in [6.45, 7) is 9.83. The fourth-order valence-corrected chi connectivity index (χ4v) is 4.99. The van der Waals surface area contributed by atoms with Crippen molar-refractivity contribution >= 4 is 46.8 Å². The molecule has 0 aliphatic carbocycles. The van der Waals surface area contributed by atoms with Crippen LogP contribution in [-0.4, -0.2) is 53.8 Å². The standard InChI is InChI=1S/C30H34ClFN6O4/c1-17(2)18-9-7-8-10-20(18)30(27(40)34-23-14-22(32)21(31)13-19(23)26(39)33-6)15-38(16-30)25-12-11-24(36-37-25)35-28(41)42-29(3,4)5/h7-14,17H,15-16H2,1-6H3,(H,33,39)(H,34,40)(H,35,36,41). The Bertz CT molecular complexity index is 1500. The molecule has 10 nitrogen and oxygen atoms in total. The molecule has 222 valence electrons. The minimum Gasteiger partial charge on any atom is -0.444 e. The van der Waals surface area contributed by atoms with Crippen LogP contribution in [0, 0.1) is 5.82 Å². The van der Waals surface area contributed by atoms with Crippen molar-refractivity contribution in [3.63, 3.8) is 0 Å². The van der Waals surface area contributed by atoms with Crippen LogP contribution in [0.4, 0.5) is 26.5 Å². The highest BCUT2D eigenvalue weighted by molar-refractivity contribution is 6.31. The van der Waals surface area contributed by atoms with Crippen molar-refractivity contribution in [2.75, 3.05) is 35.7 Å². The maximum absolute atomic E-state index is 14.5. The quantitative estimate of drug-likeness (QED) is 0.329. The number of hydrogen-bond donors (Lipinski definition) is 3. The van der Waals surface area contributed by atoms with Crippen LogP contribution in [0.2, 0.25) is 5.02 Å². The molecular weight excluding hydrogens is 563 g/mol. The highest BCUT2D eigenvalue weighted by Gasteiger charge is 2.52. The molecule has 2 heterocycles. The number of rotatable bonds is 7. The van der Waals surface area contributed by atoms with E-state index in [9.17, 15) is 18.8 Å². The molecule has 0 radical (unpaired) electrons. The average Bonchev–Trinajstić information content (AvgIpc) is 2.89. The molecule has 12 heteroatoms. The molecular formula is C30H34ClFN6O4. The van der Waals surface area contributed by atoms with E-state index in [1.165, 1.54) is 13.1 Å². The highest BCUT2D eigenvalue weighted by atomic mass is 35.5. The molecule has 1 fully saturated rings. The minimum atomic E-state index is -1.05. The van der Waals surface area contributed by atoms with Crippen molar-refractivity contribution in [3.05, 3.63) is 76.1 Å². The van der Waals surface area contributed by atoms with E-state index in [0.717, 1.165) is 17.2 Å². The largest absolute Gasteiger partial charge is 0.444 e. The molecule has 4 rings (SSSR count). The van der Waals surface area contributed by atoms with Gasteiger partial charge in [-0.1, -0.05) is 49.7 Å². The number of aromatic nitrogens is 2. The Hall–Kier alpha value is -4.25. The van der Waals surface area contributed by atoms with Gasteiger partial charge in [0.2, 0.25) is 5.91 Å². The first kappa shape index (κ1) is 30.7. The van der Waals surface area contributed by atoms with E-state index >= 15 is 0 Å². The molecule has 2 aromatic carbocycles. The van der Waals surface area contributed by atoms with Gasteiger partial charge in [-0.05, 0) is 62.1 Å². The molecule has 0 saturated carbocycles. The Morgan fingerprint density at radius 1 is 1.05 bits per heavy atom. The fourth-order valence-electron chi connectivity index (χ4n) is 4.82. The van der Waals surface area contributed by atoms with E-state index in [1.54, 1.807) is 32.9 Å². The second-order valence-corrected chi connectivity index (χ2v) is 11.8. The predicted octanol–water partition coefficient (Wildman–Crippen LogP) is 5.50. The summed E-state index contributed by atoms with van der Waals surface area (Å²) in [4.78, 5) is 40.6. The molecule has 1 aliphatic rings. The summed E-state index contributed by atoms with van der Waals surface area (Å²) in [5, 5.41) is 15.9. The number of carbonyl (C=O) groups excluding carboxylic acids is 3. The molecule has 0 atom stereocenters. The molecule has 0 spiro atoms. The normalized spacial score (nSPS) is 14.2. The summed E-state index contributed by atoms with van der Waals surface area (Å²) >= 11 is 5.94. The maximum atomic E-state index is 14.5. The van der Waals surface area contributed by atoms with Crippen LogP contribution in [0.5, 0.6) is 0 Å². The number of nitrogens with one attached hydrogen (secondary N) is 3. The van der Waals surface area contributed by atoms with E-state index in [2.05, 4.69) is 26.1 Å². The zero-order valence-corrected chi connectivity index (χ0v) is 25.1. The molecule has 1 saturated heterocycles. The SMILES string of the molecule is CNC(=O)c1cc(Cl)c(F)cc1NC(=O)C1(c2ccccc2C(C)C)CN(c2ccc(NC(=O)OC(C)(C)C)nn2)C1. The molecule has 3 aromatic rings. The lowest BCUT2D eigenvalue weighted by atomic mass is 9.69. The molecule has 0 unspecified atom stereocenters. The van der Waals surface area contributed by atoms with Gasteiger partial charge in [-0.25, -0.2) is 9.18 Å². The molecule has 42 heavy (non-hydrogen) atoms. The Morgan fingerprint density at radius 2 is 1.74 bits per heavy atom. The summed E-state index contributed by atoms with van der Waals surface area (Å²) in [6.07, 6.45) is -0.649. The van der Waals surface area contributed by atoms with Gasteiger partial charge in [0.1, 0.15) is 16.8 Å². The third kappa shape index (κ3) is 6.46. The molecule has 3 amide bonds. The zero-order valence-electron chi connectivity index (χ0n) is 24.3. The maximum Gasteiger partial charge on any atom is 0.413 e. The van der Waals surface area contributed by atoms with Crippen molar-refractivity contribution in [1.29, 1.82) is 0 Å². The second kappa shape index (κ2) is 11.9. The summed E-state index contributed by atoms with van der Waals surface area (Å²) in [5.74, 6) is -0.855. The van der Waals surface area contributed by atoms with Crippen LogP contribution in [-0.2, 0) is 14.9 Å². The van der Waals surface area contributed by atoms with Gasteiger partial charge in [0, 0.05) is 20.1 Å². The van der Waals surface area contributed by atoms with Crippen molar-refractivity contribution in [2.24, 2.45) is 0 Å². The van der Waals surface area contributed by atoms with Gasteiger partial charge in [-0.3, -0.25) is 14.9 Å². The van der Waals surface area contributed by atoms with Crippen LogP contribution in [0.1, 0.15) is 62.0 Å². The van der Waals surface area contributed by atoms with Gasteiger partial charge >= 0.3 is 6.09 Å². The van der Waals surface area contributed by atoms with Crippen LogP contribution < -0.4 is 20.9 Å². The topological polar surface area (TPSA) is 126 Å². The van der Waals surface area contributed by atoms with E-state index in [1.807, 2.05) is 43.0 Å². The average molecular weight is 597 g/mol. The van der Waals surface area contributed by atoms with Gasteiger partial charge in [-0.2, -0.15) is 0 Å². The monoisotopic (exact) mass is 596 g/mol. The van der Waals surface area contributed by atoms with Crippen molar-refractivity contribution in [2.45, 2.75) is 51.6 Å². The molecule has 1 aliphatic heterocycles. The summed E-state index contributed by atoms with van der Waals surface area (Å²) in [7, 11) is 1.44. The first-order chi connectivity index (χ1) is 19.7. The first-order valence-corrected chi connectivity index (χ1v) is 13.8. The van der Waals surface area contributed by atoms with E-state index in [-0.39, 0.29) is 41.1 Å². The zero-order chi connectivity index (χ0) is 30.8. The number of carbonyl (C=O) groups is 3. The van der Waals surface area contributed by atoms with Crippen LogP contribution in [0.25, 0.3) is 0 Å². The lowest BCUT2D eigenvalue weighted by Crippen LogP contribution is -2.66. The highest BCUT2D eigenvalue weighted by Crippen LogP contribution is 2.42. The van der Waals surface area contributed by atoms with Gasteiger partial charge in [0.05, 0.1) is 16.3 Å².